The van der Waals surface area contributed by atoms with Crippen LogP contribution in [-0.4, -0.2) is 53.8 Å². The molecule has 0 aliphatic carbocycles. The minimum absolute atomic E-state index is 0.265. The van der Waals surface area contributed by atoms with Gasteiger partial charge in [0.25, 0.3) is 0 Å². The van der Waals surface area contributed by atoms with Crippen molar-refractivity contribution in [2.45, 2.75) is 19.1 Å². The molecule has 0 spiro atoms. The summed E-state index contributed by atoms with van der Waals surface area (Å²) in [5.74, 6) is 1.13. The van der Waals surface area contributed by atoms with E-state index < -0.39 is 0 Å². The Balaban J connectivity index is 1.82. The lowest BCUT2D eigenvalue weighted by Gasteiger charge is -2.36. The van der Waals surface area contributed by atoms with Crippen LogP contribution >= 0.6 is 0 Å². The number of likely N-dealkylation sites (N-methyl/N-ethyl adjacent to an activating group) is 1. The molecule has 3 rings (SSSR count). The Hall–Kier alpha value is -1.43. The van der Waals surface area contributed by atoms with E-state index in [1.165, 1.54) is 5.52 Å². The molecule has 1 saturated heterocycles. The van der Waals surface area contributed by atoms with Crippen molar-refractivity contribution in [3.05, 3.63) is 30.1 Å². The Morgan fingerprint density at radius 3 is 3.00 bits per heavy atom. The number of nitrogens with one attached hydrogen (secondary N) is 1. The maximum Gasteiger partial charge on any atom is 0.126 e. The fourth-order valence-electron chi connectivity index (χ4n) is 3.15. The van der Waals surface area contributed by atoms with Gasteiger partial charge in [-0.3, -0.25) is 4.90 Å². The van der Waals surface area contributed by atoms with Gasteiger partial charge in [-0.05, 0) is 26.1 Å². The molecule has 2 heterocycles. The first-order valence-corrected chi connectivity index (χ1v) is 7.62. The lowest BCUT2D eigenvalue weighted by molar-refractivity contribution is -0.0406. The molecular weight excluding hydrogens is 264 g/mol. The van der Waals surface area contributed by atoms with Gasteiger partial charge in [0.15, 0.2) is 0 Å². The minimum atomic E-state index is 0.265. The molecule has 1 N–H and O–H groups in total. The van der Waals surface area contributed by atoms with Crippen LogP contribution in [0.4, 0.5) is 0 Å². The van der Waals surface area contributed by atoms with Crippen LogP contribution in [0.5, 0.6) is 0 Å². The summed E-state index contributed by atoms with van der Waals surface area (Å²) in [6.45, 7) is 5.84. The highest BCUT2D eigenvalue weighted by atomic mass is 16.5. The number of nitrogens with zero attached hydrogens (tertiary/aromatic N) is 3. The molecular formula is C16H24N4O. The van der Waals surface area contributed by atoms with Gasteiger partial charge in [-0.2, -0.15) is 0 Å². The molecule has 2 aromatic rings. The molecule has 5 heteroatoms. The summed E-state index contributed by atoms with van der Waals surface area (Å²) in [5.41, 5.74) is 2.27. The standard InChI is InChI=1S/C16H24N4O/c1-12(20-8-9-21-13(11-20)10-17-2)16-18-14-6-4-5-7-15(14)19(16)3/h4-7,12-13,17H,8-11H2,1-3H3. The van der Waals surface area contributed by atoms with Crippen molar-refractivity contribution in [1.29, 1.82) is 0 Å². The first-order valence-electron chi connectivity index (χ1n) is 7.62. The second-order valence-corrected chi connectivity index (χ2v) is 5.74. The zero-order chi connectivity index (χ0) is 14.8. The quantitative estimate of drug-likeness (QED) is 0.927. The Labute approximate surface area is 125 Å². The number of hydrogen-bond donors (Lipinski definition) is 1. The molecule has 1 aromatic carbocycles. The van der Waals surface area contributed by atoms with Crippen molar-refractivity contribution in [3.8, 4) is 0 Å². The predicted molar refractivity (Wildman–Crippen MR) is 84.4 cm³/mol. The fraction of sp³-hybridized carbons (Fsp3) is 0.562. The van der Waals surface area contributed by atoms with Gasteiger partial charge in [-0.1, -0.05) is 12.1 Å². The van der Waals surface area contributed by atoms with E-state index in [4.69, 9.17) is 9.72 Å². The molecule has 0 amide bonds. The minimum Gasteiger partial charge on any atom is -0.374 e. The predicted octanol–water partition coefficient (Wildman–Crippen LogP) is 1.55. The van der Waals surface area contributed by atoms with Crippen molar-refractivity contribution in [2.75, 3.05) is 33.3 Å². The molecule has 0 saturated carbocycles. The molecule has 2 unspecified atom stereocenters. The molecule has 21 heavy (non-hydrogen) atoms. The van der Waals surface area contributed by atoms with E-state index in [1.807, 2.05) is 13.1 Å². The second kappa shape index (κ2) is 6.13. The number of benzene rings is 1. The van der Waals surface area contributed by atoms with E-state index >= 15 is 0 Å². The van der Waals surface area contributed by atoms with Gasteiger partial charge in [0.2, 0.25) is 0 Å². The first kappa shape index (κ1) is 14.5. The van der Waals surface area contributed by atoms with Gasteiger partial charge in [-0.15, -0.1) is 0 Å². The zero-order valence-corrected chi connectivity index (χ0v) is 13.0. The average Bonchev–Trinajstić information content (AvgIpc) is 2.85. The normalized spacial score (nSPS) is 21.8. The zero-order valence-electron chi connectivity index (χ0n) is 13.0. The number of morpholine rings is 1. The number of fused-ring (bicyclic) bond motifs is 1. The van der Waals surface area contributed by atoms with Gasteiger partial charge in [0.05, 0.1) is 29.8 Å². The van der Waals surface area contributed by atoms with Crippen molar-refractivity contribution in [1.82, 2.24) is 19.8 Å². The summed E-state index contributed by atoms with van der Waals surface area (Å²) in [5, 5.41) is 3.20. The monoisotopic (exact) mass is 288 g/mol. The highest BCUT2D eigenvalue weighted by Crippen LogP contribution is 2.25. The van der Waals surface area contributed by atoms with Crippen molar-refractivity contribution >= 4 is 11.0 Å². The maximum absolute atomic E-state index is 5.79. The summed E-state index contributed by atoms with van der Waals surface area (Å²) in [6.07, 6.45) is 0.265. The molecule has 1 fully saturated rings. The van der Waals surface area contributed by atoms with Gasteiger partial charge < -0.3 is 14.6 Å². The SMILES string of the molecule is CNCC1CN(C(C)c2nc3ccccc3n2C)CCO1. The molecule has 5 nitrogen and oxygen atoms in total. The molecule has 0 bridgehead atoms. The summed E-state index contributed by atoms with van der Waals surface area (Å²) in [6, 6.07) is 8.61. The third kappa shape index (κ3) is 2.81. The van der Waals surface area contributed by atoms with Crippen LogP contribution < -0.4 is 5.32 Å². The fourth-order valence-corrected chi connectivity index (χ4v) is 3.15. The third-order valence-corrected chi connectivity index (χ3v) is 4.35. The Kier molecular flexibility index (Phi) is 4.24. The van der Waals surface area contributed by atoms with E-state index in [0.29, 0.717) is 6.04 Å². The van der Waals surface area contributed by atoms with E-state index in [-0.39, 0.29) is 6.10 Å². The summed E-state index contributed by atoms with van der Waals surface area (Å²) < 4.78 is 8.00. The highest BCUT2D eigenvalue weighted by Gasteiger charge is 2.27. The number of aryl methyl sites for hydroxylation is 1. The third-order valence-electron chi connectivity index (χ3n) is 4.35. The van der Waals surface area contributed by atoms with E-state index in [0.717, 1.165) is 37.6 Å². The largest absolute Gasteiger partial charge is 0.374 e. The van der Waals surface area contributed by atoms with E-state index in [1.54, 1.807) is 0 Å². The highest BCUT2D eigenvalue weighted by molar-refractivity contribution is 5.75. The smallest absolute Gasteiger partial charge is 0.126 e. The van der Waals surface area contributed by atoms with E-state index in [2.05, 4.69) is 47.0 Å². The van der Waals surface area contributed by atoms with Crippen molar-refractivity contribution in [2.24, 2.45) is 7.05 Å². The van der Waals surface area contributed by atoms with Crippen LogP contribution in [0.3, 0.4) is 0 Å². The van der Waals surface area contributed by atoms with Crippen LogP contribution in [0.25, 0.3) is 11.0 Å². The molecule has 2 atom stereocenters. The topological polar surface area (TPSA) is 42.3 Å². The number of aromatic nitrogens is 2. The van der Waals surface area contributed by atoms with Crippen LogP contribution in [0.15, 0.2) is 24.3 Å². The molecule has 114 valence electrons. The summed E-state index contributed by atoms with van der Waals surface area (Å²) in [7, 11) is 4.07. The van der Waals surface area contributed by atoms with Gasteiger partial charge in [-0.25, -0.2) is 4.98 Å². The number of imidazole rings is 1. The number of rotatable bonds is 4. The van der Waals surface area contributed by atoms with Crippen molar-refractivity contribution < 1.29 is 4.74 Å². The first-order chi connectivity index (χ1) is 10.2. The van der Waals surface area contributed by atoms with Crippen molar-refractivity contribution in [3.63, 3.8) is 0 Å². The summed E-state index contributed by atoms with van der Waals surface area (Å²) >= 11 is 0. The molecule has 0 radical (unpaired) electrons. The van der Waals surface area contributed by atoms with Crippen LogP contribution in [-0.2, 0) is 11.8 Å². The molecule has 1 aromatic heterocycles. The van der Waals surface area contributed by atoms with Gasteiger partial charge in [0.1, 0.15) is 5.82 Å². The van der Waals surface area contributed by atoms with Crippen LogP contribution in [0.2, 0.25) is 0 Å². The Morgan fingerprint density at radius 1 is 1.43 bits per heavy atom. The Morgan fingerprint density at radius 2 is 2.24 bits per heavy atom. The lowest BCUT2D eigenvalue weighted by Crippen LogP contribution is -2.47. The lowest BCUT2D eigenvalue weighted by atomic mass is 10.2. The second-order valence-electron chi connectivity index (χ2n) is 5.74. The van der Waals surface area contributed by atoms with Crippen LogP contribution in [0, 0.1) is 0 Å². The van der Waals surface area contributed by atoms with E-state index in [9.17, 15) is 0 Å². The number of para-hydroxylation sites is 2. The van der Waals surface area contributed by atoms with Gasteiger partial charge in [0, 0.05) is 26.7 Å². The average molecular weight is 288 g/mol. The van der Waals surface area contributed by atoms with Crippen LogP contribution in [0.1, 0.15) is 18.8 Å². The number of hydrogen-bond acceptors (Lipinski definition) is 4. The summed E-state index contributed by atoms with van der Waals surface area (Å²) in [4.78, 5) is 7.29. The number of ether oxygens (including phenoxy) is 1. The Bertz CT molecular complexity index is 607. The molecule has 1 aliphatic rings. The molecule has 1 aliphatic heterocycles. The maximum atomic E-state index is 5.79. The van der Waals surface area contributed by atoms with Gasteiger partial charge >= 0.3 is 0 Å².